The molecule has 3 aromatic rings. The Kier molecular flexibility index (Phi) is 6.74. The van der Waals surface area contributed by atoms with Gasteiger partial charge in [0, 0.05) is 18.2 Å². The minimum Gasteiger partial charge on any atom is -0.508 e. The highest BCUT2D eigenvalue weighted by Gasteiger charge is 2.10. The highest BCUT2D eigenvalue weighted by atomic mass is 16.5. The fourth-order valence-electron chi connectivity index (χ4n) is 3.03. The van der Waals surface area contributed by atoms with Crippen LogP contribution in [0.15, 0.2) is 66.7 Å². The molecule has 0 aromatic heterocycles. The fourth-order valence-corrected chi connectivity index (χ4v) is 3.03. The number of ether oxygens (including phenoxy) is 1. The van der Waals surface area contributed by atoms with Crippen LogP contribution in [0.5, 0.6) is 11.5 Å². The Hall–Kier alpha value is -3.47. The molecule has 0 spiro atoms. The number of aromatic hydroxyl groups is 1. The monoisotopic (exact) mass is 390 g/mol. The van der Waals surface area contributed by atoms with Crippen LogP contribution in [0.4, 0.5) is 11.4 Å². The molecule has 0 radical (unpaired) electrons. The van der Waals surface area contributed by atoms with Gasteiger partial charge >= 0.3 is 0 Å². The lowest BCUT2D eigenvalue weighted by Crippen LogP contribution is -2.13. The lowest BCUT2D eigenvalue weighted by atomic mass is 10.1. The molecule has 5 heteroatoms. The van der Waals surface area contributed by atoms with Crippen molar-refractivity contribution in [3.63, 3.8) is 0 Å². The molecule has 29 heavy (non-hydrogen) atoms. The molecule has 0 atom stereocenters. The summed E-state index contributed by atoms with van der Waals surface area (Å²) in [6.45, 7) is 2.75. The number of hydrogen-bond acceptors (Lipinski definition) is 4. The van der Waals surface area contributed by atoms with E-state index in [4.69, 9.17) is 4.74 Å². The summed E-state index contributed by atoms with van der Waals surface area (Å²) in [6, 6.07) is 20.2. The molecule has 0 unspecified atom stereocenters. The lowest BCUT2D eigenvalue weighted by molar-refractivity contribution is 0.102. The zero-order valence-electron chi connectivity index (χ0n) is 16.7. The van der Waals surface area contributed by atoms with E-state index in [-0.39, 0.29) is 11.7 Å². The van der Waals surface area contributed by atoms with Crippen molar-refractivity contribution in [2.24, 2.45) is 0 Å². The van der Waals surface area contributed by atoms with Gasteiger partial charge in [-0.15, -0.1) is 0 Å². The number of phenols is 1. The number of carbonyl (C=O) groups excluding carboxylic acids is 1. The number of methoxy groups -OCH3 is 1. The first-order valence-corrected chi connectivity index (χ1v) is 9.69. The Balaban J connectivity index is 1.70. The molecule has 1 amide bonds. The van der Waals surface area contributed by atoms with Gasteiger partial charge in [-0.25, -0.2) is 0 Å². The van der Waals surface area contributed by atoms with Gasteiger partial charge in [0.25, 0.3) is 5.91 Å². The predicted molar refractivity (Wildman–Crippen MR) is 117 cm³/mol. The molecule has 3 aromatic carbocycles. The molecule has 5 nitrogen and oxygen atoms in total. The van der Waals surface area contributed by atoms with Gasteiger partial charge in [0.15, 0.2) is 0 Å². The summed E-state index contributed by atoms with van der Waals surface area (Å²) in [6.07, 6.45) is 2.19. The van der Waals surface area contributed by atoms with Gasteiger partial charge in [0.05, 0.1) is 18.5 Å². The Morgan fingerprint density at radius 2 is 1.62 bits per heavy atom. The van der Waals surface area contributed by atoms with E-state index in [2.05, 4.69) is 41.8 Å². The summed E-state index contributed by atoms with van der Waals surface area (Å²) in [5.74, 6) is 0.594. The Bertz CT molecular complexity index is 951. The third kappa shape index (κ3) is 5.51. The summed E-state index contributed by atoms with van der Waals surface area (Å²) >= 11 is 0. The number of aryl methyl sites for hydroxylation is 1. The second-order valence-electron chi connectivity index (χ2n) is 6.83. The Morgan fingerprint density at radius 1 is 0.931 bits per heavy atom. The van der Waals surface area contributed by atoms with Crippen LogP contribution in [-0.4, -0.2) is 18.1 Å². The predicted octanol–water partition coefficient (Wildman–Crippen LogP) is 5.22. The minimum absolute atomic E-state index is 0.133. The van der Waals surface area contributed by atoms with Crippen LogP contribution in [0.25, 0.3) is 0 Å². The molecule has 0 bridgehead atoms. The van der Waals surface area contributed by atoms with Crippen molar-refractivity contribution in [1.29, 1.82) is 0 Å². The van der Waals surface area contributed by atoms with Gasteiger partial charge in [-0.2, -0.15) is 0 Å². The van der Waals surface area contributed by atoms with Crippen molar-refractivity contribution in [3.05, 3.63) is 83.4 Å². The van der Waals surface area contributed by atoms with Gasteiger partial charge in [-0.3, -0.25) is 4.79 Å². The van der Waals surface area contributed by atoms with E-state index in [0.717, 1.165) is 18.4 Å². The smallest absolute Gasteiger partial charge is 0.255 e. The molecule has 0 aliphatic carbocycles. The van der Waals surface area contributed by atoms with Crippen LogP contribution in [0, 0.1) is 0 Å². The van der Waals surface area contributed by atoms with Crippen LogP contribution in [-0.2, 0) is 13.0 Å². The van der Waals surface area contributed by atoms with Gasteiger partial charge in [0.1, 0.15) is 11.5 Å². The minimum atomic E-state index is -0.231. The summed E-state index contributed by atoms with van der Waals surface area (Å²) in [5, 5.41) is 16.1. The van der Waals surface area contributed by atoms with E-state index in [9.17, 15) is 9.90 Å². The number of nitrogens with one attached hydrogen (secondary N) is 2. The van der Waals surface area contributed by atoms with Crippen molar-refractivity contribution in [1.82, 2.24) is 0 Å². The van der Waals surface area contributed by atoms with Gasteiger partial charge in [0.2, 0.25) is 0 Å². The number of amides is 1. The maximum atomic E-state index is 12.6. The van der Waals surface area contributed by atoms with Crippen molar-refractivity contribution < 1.29 is 14.6 Å². The SMILES string of the molecule is CCCc1ccc(CNc2cc(O)ccc2NC(=O)c2ccc(OC)cc2)cc1. The van der Waals surface area contributed by atoms with E-state index in [1.165, 1.54) is 5.56 Å². The molecule has 0 fully saturated rings. The van der Waals surface area contributed by atoms with Crippen LogP contribution in [0.1, 0.15) is 34.8 Å². The molecular formula is C24H26N2O3. The average molecular weight is 390 g/mol. The first-order chi connectivity index (χ1) is 14.1. The standard InChI is InChI=1S/C24H26N2O3/c1-3-4-17-5-7-18(8-6-17)16-25-23-15-20(27)11-14-22(23)26-24(28)19-9-12-21(29-2)13-10-19/h5-15,25,27H,3-4,16H2,1-2H3,(H,26,28). The second kappa shape index (κ2) is 9.64. The number of phenolic OH excluding ortho intramolecular Hbond substituents is 1. The van der Waals surface area contributed by atoms with Crippen molar-refractivity contribution >= 4 is 17.3 Å². The van der Waals surface area contributed by atoms with Gasteiger partial charge in [-0.05, 0) is 53.9 Å². The van der Waals surface area contributed by atoms with Crippen molar-refractivity contribution in [3.8, 4) is 11.5 Å². The first kappa shape index (κ1) is 20.3. The van der Waals surface area contributed by atoms with E-state index in [0.29, 0.717) is 29.2 Å². The third-order valence-corrected chi connectivity index (χ3v) is 4.65. The Morgan fingerprint density at radius 3 is 2.28 bits per heavy atom. The van der Waals surface area contributed by atoms with E-state index >= 15 is 0 Å². The fraction of sp³-hybridized carbons (Fsp3) is 0.208. The largest absolute Gasteiger partial charge is 0.508 e. The quantitative estimate of drug-likeness (QED) is 0.461. The van der Waals surface area contributed by atoms with E-state index in [1.807, 2.05) is 0 Å². The lowest BCUT2D eigenvalue weighted by Gasteiger charge is -2.14. The molecule has 150 valence electrons. The molecule has 0 saturated heterocycles. The zero-order valence-corrected chi connectivity index (χ0v) is 16.7. The summed E-state index contributed by atoms with van der Waals surface area (Å²) in [5.41, 5.74) is 4.23. The van der Waals surface area contributed by atoms with Gasteiger partial charge in [-0.1, -0.05) is 37.6 Å². The molecule has 3 N–H and O–H groups in total. The normalized spacial score (nSPS) is 10.4. The number of rotatable bonds is 8. The third-order valence-electron chi connectivity index (χ3n) is 4.65. The van der Waals surface area contributed by atoms with Crippen molar-refractivity contribution in [2.75, 3.05) is 17.7 Å². The zero-order chi connectivity index (χ0) is 20.6. The first-order valence-electron chi connectivity index (χ1n) is 9.69. The van der Waals surface area contributed by atoms with E-state index < -0.39 is 0 Å². The Labute approximate surface area is 171 Å². The molecule has 0 saturated carbocycles. The molecule has 0 aliphatic heterocycles. The maximum Gasteiger partial charge on any atom is 0.255 e. The number of benzene rings is 3. The van der Waals surface area contributed by atoms with E-state index in [1.54, 1.807) is 49.6 Å². The van der Waals surface area contributed by atoms with Gasteiger partial charge < -0.3 is 20.5 Å². The highest BCUT2D eigenvalue weighted by Crippen LogP contribution is 2.28. The second-order valence-corrected chi connectivity index (χ2v) is 6.83. The van der Waals surface area contributed by atoms with Crippen LogP contribution >= 0.6 is 0 Å². The molecule has 0 heterocycles. The van der Waals surface area contributed by atoms with Crippen LogP contribution in [0.3, 0.4) is 0 Å². The molecule has 3 rings (SSSR count). The van der Waals surface area contributed by atoms with Crippen LogP contribution in [0.2, 0.25) is 0 Å². The summed E-state index contributed by atoms with van der Waals surface area (Å²) < 4.78 is 5.12. The number of anilines is 2. The van der Waals surface area contributed by atoms with Crippen molar-refractivity contribution in [2.45, 2.75) is 26.3 Å². The van der Waals surface area contributed by atoms with Crippen LogP contribution < -0.4 is 15.4 Å². The highest BCUT2D eigenvalue weighted by molar-refractivity contribution is 6.06. The number of carbonyl (C=O) groups is 1. The topological polar surface area (TPSA) is 70.6 Å². The average Bonchev–Trinajstić information content (AvgIpc) is 2.75. The molecule has 0 aliphatic rings. The summed E-state index contributed by atoms with van der Waals surface area (Å²) in [7, 11) is 1.58. The number of hydrogen-bond donors (Lipinski definition) is 3. The molecular weight excluding hydrogens is 364 g/mol. The maximum absolute atomic E-state index is 12.6. The summed E-state index contributed by atoms with van der Waals surface area (Å²) in [4.78, 5) is 12.6.